The number of hydrogen-bond acceptors (Lipinski definition) is 8. The lowest BCUT2D eigenvalue weighted by atomic mass is 10.3. The van der Waals surface area contributed by atoms with Crippen LogP contribution in [0, 0.1) is 0 Å². The summed E-state index contributed by atoms with van der Waals surface area (Å²) in [5.41, 5.74) is -0.291. The van der Waals surface area contributed by atoms with Crippen molar-refractivity contribution < 1.29 is 33.4 Å². The van der Waals surface area contributed by atoms with Gasteiger partial charge in [0.05, 0.1) is 20.1 Å². The zero-order chi connectivity index (χ0) is 15.5. The highest BCUT2D eigenvalue weighted by atomic mass is 16.6. The normalized spacial score (nSPS) is 8.75. The van der Waals surface area contributed by atoms with Crippen LogP contribution >= 0.6 is 0 Å². The second kappa shape index (κ2) is 9.35. The van der Waals surface area contributed by atoms with Gasteiger partial charge in [-0.1, -0.05) is 6.58 Å². The maximum absolute atomic E-state index is 11.2. The van der Waals surface area contributed by atoms with Crippen LogP contribution in [0.3, 0.4) is 0 Å². The Morgan fingerprint density at radius 2 is 1.60 bits per heavy atom. The van der Waals surface area contributed by atoms with E-state index in [2.05, 4.69) is 26.0 Å². The number of esters is 3. The van der Waals surface area contributed by atoms with Crippen molar-refractivity contribution in [2.75, 3.05) is 27.4 Å². The van der Waals surface area contributed by atoms with Crippen molar-refractivity contribution in [2.45, 2.75) is 6.92 Å². The van der Waals surface area contributed by atoms with Crippen molar-refractivity contribution in [3.05, 3.63) is 17.7 Å². The summed E-state index contributed by atoms with van der Waals surface area (Å²) in [5.74, 6) is -0.434. The lowest BCUT2D eigenvalue weighted by molar-refractivity contribution is -0.144. The lowest BCUT2D eigenvalue weighted by Gasteiger charge is -2.02. The highest BCUT2D eigenvalue weighted by Gasteiger charge is 2.20. The van der Waals surface area contributed by atoms with Gasteiger partial charge in [-0.25, -0.2) is 14.4 Å². The van der Waals surface area contributed by atoms with Crippen LogP contribution in [0.2, 0.25) is 0 Å². The van der Waals surface area contributed by atoms with Gasteiger partial charge in [0.15, 0.2) is 6.61 Å². The molecule has 0 spiro atoms. The van der Waals surface area contributed by atoms with Crippen LogP contribution in [0.1, 0.15) is 6.92 Å². The summed E-state index contributed by atoms with van der Waals surface area (Å²) in [4.78, 5) is 38.0. The molecule has 0 bridgehead atoms. The molecule has 0 aliphatic carbocycles. The minimum atomic E-state index is -0.960. The number of methoxy groups -OCH3 is 2. The van der Waals surface area contributed by atoms with Gasteiger partial charge in [0.1, 0.15) is 6.61 Å². The summed E-state index contributed by atoms with van der Waals surface area (Å²) in [6, 6.07) is 0. The number of rotatable bonds is 7. The number of carbonyl (C=O) groups is 3. The van der Waals surface area contributed by atoms with Crippen LogP contribution in [-0.2, 0) is 33.4 Å². The van der Waals surface area contributed by atoms with Crippen molar-refractivity contribution in [3.63, 3.8) is 0 Å². The molecule has 0 N–H and O–H groups in total. The van der Waals surface area contributed by atoms with Gasteiger partial charge in [-0.05, 0) is 12.1 Å². The molecular formula is C12H15NO7. The zero-order valence-corrected chi connectivity index (χ0v) is 11.4. The minimum absolute atomic E-state index is 0.0668. The molecule has 0 aromatic heterocycles. The van der Waals surface area contributed by atoms with Crippen molar-refractivity contribution in [1.82, 2.24) is 0 Å². The summed E-state index contributed by atoms with van der Waals surface area (Å²) in [6.45, 7) is 4.75. The molecule has 0 saturated carbocycles. The van der Waals surface area contributed by atoms with Crippen LogP contribution in [0.25, 0.3) is 0 Å². The van der Waals surface area contributed by atoms with Crippen LogP contribution in [0.15, 0.2) is 22.9 Å². The van der Waals surface area contributed by atoms with Crippen LogP contribution in [-0.4, -0.2) is 51.2 Å². The number of nitrogens with zero attached hydrogens (tertiary/aromatic N) is 1. The van der Waals surface area contributed by atoms with Gasteiger partial charge in [0, 0.05) is 5.57 Å². The monoisotopic (exact) mass is 285 g/mol. The van der Waals surface area contributed by atoms with Gasteiger partial charge >= 0.3 is 17.9 Å². The van der Waals surface area contributed by atoms with E-state index in [0.717, 1.165) is 14.2 Å². The Hall–Kier alpha value is -2.60. The molecule has 0 aromatic carbocycles. The highest BCUT2D eigenvalue weighted by molar-refractivity contribution is 6.20. The second-order valence-corrected chi connectivity index (χ2v) is 3.31. The van der Waals surface area contributed by atoms with Crippen molar-refractivity contribution >= 4 is 23.8 Å². The molecular weight excluding hydrogens is 270 g/mol. The lowest BCUT2D eigenvalue weighted by Crippen LogP contribution is -2.16. The molecule has 0 aromatic rings. The van der Waals surface area contributed by atoms with E-state index in [1.165, 1.54) is 6.92 Å². The topological polar surface area (TPSA) is 100 Å². The fourth-order valence-corrected chi connectivity index (χ4v) is 0.797. The number of hydrogen-bond donors (Lipinski definition) is 0. The van der Waals surface area contributed by atoms with Crippen LogP contribution in [0.5, 0.6) is 0 Å². The summed E-state index contributed by atoms with van der Waals surface area (Å²) in [5, 5.41) is 3.25. The molecule has 0 atom stereocenters. The Morgan fingerprint density at radius 1 is 1.05 bits per heavy atom. The maximum atomic E-state index is 11.2. The molecule has 0 aliphatic rings. The first-order valence-corrected chi connectivity index (χ1v) is 5.38. The van der Waals surface area contributed by atoms with E-state index in [4.69, 9.17) is 4.74 Å². The Morgan fingerprint density at radius 3 is 2.05 bits per heavy atom. The van der Waals surface area contributed by atoms with E-state index >= 15 is 0 Å². The van der Waals surface area contributed by atoms with Crippen LogP contribution < -0.4 is 0 Å². The smallest absolute Gasteiger partial charge is 0.355 e. The maximum Gasteiger partial charge on any atom is 0.355 e. The van der Waals surface area contributed by atoms with Gasteiger partial charge in [0.25, 0.3) is 0 Å². The van der Waals surface area contributed by atoms with E-state index in [9.17, 15) is 14.4 Å². The standard InChI is InChI=1S/C12H15NO7/c1-8(2)10(14)19-5-6-20-13-7-9(11(15)17-3)12(16)18-4/h1,5-6H2,2-4H3. The van der Waals surface area contributed by atoms with Crippen molar-refractivity contribution in [2.24, 2.45) is 5.16 Å². The summed E-state index contributed by atoms with van der Waals surface area (Å²) >= 11 is 0. The van der Waals surface area contributed by atoms with Crippen LogP contribution in [0.4, 0.5) is 0 Å². The number of carbonyl (C=O) groups excluding carboxylic acids is 3. The van der Waals surface area contributed by atoms with Crippen molar-refractivity contribution in [1.29, 1.82) is 0 Å². The Kier molecular flexibility index (Phi) is 8.13. The molecule has 8 nitrogen and oxygen atoms in total. The minimum Gasteiger partial charge on any atom is -0.465 e. The molecule has 0 amide bonds. The molecule has 20 heavy (non-hydrogen) atoms. The van der Waals surface area contributed by atoms with Gasteiger partial charge in [-0.15, -0.1) is 0 Å². The third kappa shape index (κ3) is 6.36. The molecule has 0 heterocycles. The summed E-state index contributed by atoms with van der Waals surface area (Å²) in [7, 11) is 2.18. The average Bonchev–Trinajstić information content (AvgIpc) is 2.44. The predicted molar refractivity (Wildman–Crippen MR) is 66.7 cm³/mol. The summed E-state index contributed by atoms with van der Waals surface area (Å²) < 4.78 is 13.4. The highest BCUT2D eigenvalue weighted by Crippen LogP contribution is 1.96. The van der Waals surface area contributed by atoms with Gasteiger partial charge in [-0.3, -0.25) is 0 Å². The fourth-order valence-electron chi connectivity index (χ4n) is 0.797. The third-order valence-electron chi connectivity index (χ3n) is 1.76. The first-order chi connectivity index (χ1) is 9.43. The average molecular weight is 285 g/mol. The quantitative estimate of drug-likeness (QED) is 0.0946. The van der Waals surface area contributed by atoms with Gasteiger partial charge < -0.3 is 19.0 Å². The Labute approximate surface area is 115 Å². The Balaban J connectivity index is 4.39. The van der Waals surface area contributed by atoms with Gasteiger partial charge in [-0.2, -0.15) is 0 Å². The van der Waals surface area contributed by atoms with E-state index in [-0.39, 0.29) is 18.8 Å². The largest absolute Gasteiger partial charge is 0.465 e. The number of ether oxygens (including phenoxy) is 3. The molecule has 110 valence electrons. The van der Waals surface area contributed by atoms with Crippen molar-refractivity contribution in [3.8, 4) is 0 Å². The molecule has 0 rings (SSSR count). The first kappa shape index (κ1) is 17.4. The van der Waals surface area contributed by atoms with Gasteiger partial charge in [0.2, 0.25) is 5.57 Å². The zero-order valence-electron chi connectivity index (χ0n) is 11.4. The third-order valence-corrected chi connectivity index (χ3v) is 1.76. The predicted octanol–water partition coefficient (Wildman–Crippen LogP) is -0.0206. The fraction of sp³-hybridized carbons (Fsp3) is 0.417. The molecule has 0 radical (unpaired) electrons. The molecule has 0 fully saturated rings. The SMILES string of the molecule is C=C(C)C(=O)OCCON=C=C(C(=O)OC)C(=O)OC. The van der Waals surface area contributed by atoms with E-state index in [1.54, 1.807) is 0 Å². The second-order valence-electron chi connectivity index (χ2n) is 3.31. The summed E-state index contributed by atoms with van der Waals surface area (Å²) in [6.07, 6.45) is 0. The Bertz CT molecular complexity index is 442. The molecule has 0 unspecified atom stereocenters. The van der Waals surface area contributed by atoms with E-state index in [1.807, 2.05) is 5.87 Å². The first-order valence-electron chi connectivity index (χ1n) is 5.38. The molecule has 0 aliphatic heterocycles. The van der Waals surface area contributed by atoms with E-state index < -0.39 is 23.5 Å². The molecule has 0 saturated heterocycles. The molecule has 8 heteroatoms. The van der Waals surface area contributed by atoms with E-state index in [0.29, 0.717) is 0 Å².